The van der Waals surface area contributed by atoms with Gasteiger partial charge in [0.1, 0.15) is 17.3 Å². The largest absolute Gasteiger partial charge is 0.478 e. The van der Waals surface area contributed by atoms with Crippen LogP contribution in [0.4, 0.5) is 4.39 Å². The topological polar surface area (TPSA) is 46.5 Å². The Labute approximate surface area is 103 Å². The van der Waals surface area contributed by atoms with Gasteiger partial charge in [-0.15, -0.1) is 0 Å². The molecule has 92 valence electrons. The van der Waals surface area contributed by atoms with E-state index in [-0.39, 0.29) is 11.4 Å². The fourth-order valence-electron chi connectivity index (χ4n) is 1.55. The first-order valence-electron chi connectivity index (χ1n) is 5.33. The number of aromatic carboxylic acids is 1. The van der Waals surface area contributed by atoms with Crippen LogP contribution in [0.2, 0.25) is 0 Å². The summed E-state index contributed by atoms with van der Waals surface area (Å²) < 4.78 is 18.4. The molecule has 0 aliphatic heterocycles. The van der Waals surface area contributed by atoms with E-state index in [0.717, 1.165) is 0 Å². The Kier molecular flexibility index (Phi) is 3.28. The van der Waals surface area contributed by atoms with Gasteiger partial charge in [-0.2, -0.15) is 0 Å². The lowest BCUT2D eigenvalue weighted by Gasteiger charge is -2.09. The number of halogens is 1. The van der Waals surface area contributed by atoms with Gasteiger partial charge in [0.05, 0.1) is 5.56 Å². The molecule has 0 spiro atoms. The molecule has 0 amide bonds. The summed E-state index contributed by atoms with van der Waals surface area (Å²) in [5.74, 6) is -0.445. The van der Waals surface area contributed by atoms with Crippen LogP contribution in [0.15, 0.2) is 42.5 Å². The number of carboxylic acids is 1. The zero-order valence-electron chi connectivity index (χ0n) is 9.68. The van der Waals surface area contributed by atoms with Crippen molar-refractivity contribution in [3.8, 4) is 11.5 Å². The minimum atomic E-state index is -1.02. The van der Waals surface area contributed by atoms with Crippen LogP contribution in [0.3, 0.4) is 0 Å². The van der Waals surface area contributed by atoms with Crippen molar-refractivity contribution in [2.75, 3.05) is 0 Å². The second-order valence-electron chi connectivity index (χ2n) is 3.84. The standard InChI is InChI=1S/C14H11FO3/c1-9-7-11(15)5-6-13(9)18-12-4-2-3-10(8-12)14(16)17/h2-8H,1H3,(H,16,17). The average molecular weight is 246 g/mol. The SMILES string of the molecule is Cc1cc(F)ccc1Oc1cccc(C(=O)O)c1. The second-order valence-corrected chi connectivity index (χ2v) is 3.84. The molecule has 2 aromatic carbocycles. The fraction of sp³-hybridized carbons (Fsp3) is 0.0714. The Morgan fingerprint density at radius 2 is 2.00 bits per heavy atom. The van der Waals surface area contributed by atoms with Crippen molar-refractivity contribution >= 4 is 5.97 Å². The third kappa shape index (κ3) is 2.66. The Balaban J connectivity index is 2.28. The van der Waals surface area contributed by atoms with Crippen LogP contribution in [-0.2, 0) is 0 Å². The summed E-state index contributed by atoms with van der Waals surface area (Å²) in [5, 5.41) is 8.86. The number of hydrogen-bond donors (Lipinski definition) is 1. The zero-order chi connectivity index (χ0) is 13.1. The van der Waals surface area contributed by atoms with Gasteiger partial charge in [0.2, 0.25) is 0 Å². The lowest BCUT2D eigenvalue weighted by molar-refractivity contribution is 0.0696. The molecule has 0 fully saturated rings. The van der Waals surface area contributed by atoms with Crippen LogP contribution >= 0.6 is 0 Å². The molecule has 4 heteroatoms. The highest BCUT2D eigenvalue weighted by Crippen LogP contribution is 2.26. The molecule has 1 N–H and O–H groups in total. The van der Waals surface area contributed by atoms with Crippen LogP contribution in [-0.4, -0.2) is 11.1 Å². The van der Waals surface area contributed by atoms with Crippen molar-refractivity contribution in [3.05, 3.63) is 59.4 Å². The molecule has 0 atom stereocenters. The molecule has 0 aliphatic carbocycles. The normalized spacial score (nSPS) is 10.1. The van der Waals surface area contributed by atoms with Gasteiger partial charge in [-0.25, -0.2) is 9.18 Å². The predicted octanol–water partition coefficient (Wildman–Crippen LogP) is 3.62. The van der Waals surface area contributed by atoms with Crippen molar-refractivity contribution < 1.29 is 19.0 Å². The van der Waals surface area contributed by atoms with E-state index >= 15 is 0 Å². The van der Waals surface area contributed by atoms with Crippen LogP contribution < -0.4 is 4.74 Å². The summed E-state index contributed by atoms with van der Waals surface area (Å²) in [7, 11) is 0. The quantitative estimate of drug-likeness (QED) is 0.899. The zero-order valence-corrected chi connectivity index (χ0v) is 9.68. The van der Waals surface area contributed by atoms with Gasteiger partial charge in [0, 0.05) is 0 Å². The third-order valence-electron chi connectivity index (χ3n) is 2.45. The molecule has 0 saturated carbocycles. The minimum absolute atomic E-state index is 0.146. The predicted molar refractivity (Wildman–Crippen MR) is 64.6 cm³/mol. The molecule has 0 heterocycles. The molecular weight excluding hydrogens is 235 g/mol. The number of carbonyl (C=O) groups is 1. The molecule has 0 bridgehead atoms. The number of benzene rings is 2. The molecule has 0 aliphatic rings. The van der Waals surface area contributed by atoms with Crippen LogP contribution in [0, 0.1) is 12.7 Å². The van der Waals surface area contributed by atoms with Gasteiger partial charge in [0.25, 0.3) is 0 Å². The van der Waals surface area contributed by atoms with Gasteiger partial charge >= 0.3 is 5.97 Å². The molecule has 3 nitrogen and oxygen atoms in total. The van der Waals surface area contributed by atoms with Crippen molar-refractivity contribution in [1.82, 2.24) is 0 Å². The Hall–Kier alpha value is -2.36. The van der Waals surface area contributed by atoms with E-state index in [1.807, 2.05) is 0 Å². The molecule has 0 saturated heterocycles. The highest BCUT2D eigenvalue weighted by molar-refractivity contribution is 5.88. The maximum absolute atomic E-state index is 12.9. The minimum Gasteiger partial charge on any atom is -0.478 e. The van der Waals surface area contributed by atoms with Crippen LogP contribution in [0.5, 0.6) is 11.5 Å². The molecular formula is C14H11FO3. The van der Waals surface area contributed by atoms with Crippen LogP contribution in [0.25, 0.3) is 0 Å². The Bertz CT molecular complexity index is 593. The van der Waals surface area contributed by atoms with Crippen molar-refractivity contribution in [2.45, 2.75) is 6.92 Å². The highest BCUT2D eigenvalue weighted by Gasteiger charge is 2.06. The van der Waals surface area contributed by atoms with E-state index in [9.17, 15) is 9.18 Å². The number of hydrogen-bond acceptors (Lipinski definition) is 2. The third-order valence-corrected chi connectivity index (χ3v) is 2.45. The highest BCUT2D eigenvalue weighted by atomic mass is 19.1. The molecule has 2 aromatic rings. The average Bonchev–Trinajstić information content (AvgIpc) is 2.33. The first-order valence-corrected chi connectivity index (χ1v) is 5.33. The van der Waals surface area contributed by atoms with E-state index in [4.69, 9.17) is 9.84 Å². The summed E-state index contributed by atoms with van der Waals surface area (Å²) in [6, 6.07) is 10.3. The lowest BCUT2D eigenvalue weighted by atomic mass is 10.2. The molecule has 2 rings (SSSR count). The number of rotatable bonds is 3. The van der Waals surface area contributed by atoms with E-state index in [1.165, 1.54) is 30.3 Å². The summed E-state index contributed by atoms with van der Waals surface area (Å²) in [4.78, 5) is 10.8. The molecule has 0 radical (unpaired) electrons. The summed E-state index contributed by atoms with van der Waals surface area (Å²) >= 11 is 0. The Morgan fingerprint density at radius 3 is 2.67 bits per heavy atom. The van der Waals surface area contributed by atoms with Crippen molar-refractivity contribution in [3.63, 3.8) is 0 Å². The number of ether oxygens (including phenoxy) is 1. The second kappa shape index (κ2) is 4.87. The number of carboxylic acid groups (broad SMARTS) is 1. The van der Waals surface area contributed by atoms with E-state index in [2.05, 4.69) is 0 Å². The first-order chi connectivity index (χ1) is 8.56. The summed E-state index contributed by atoms with van der Waals surface area (Å²) in [6.45, 7) is 1.72. The van der Waals surface area contributed by atoms with Crippen molar-refractivity contribution in [2.24, 2.45) is 0 Å². The monoisotopic (exact) mass is 246 g/mol. The maximum Gasteiger partial charge on any atom is 0.335 e. The van der Waals surface area contributed by atoms with Gasteiger partial charge in [0.15, 0.2) is 0 Å². The van der Waals surface area contributed by atoms with Gasteiger partial charge in [-0.05, 0) is 48.9 Å². The van der Waals surface area contributed by atoms with E-state index in [0.29, 0.717) is 17.1 Å². The molecule has 0 aromatic heterocycles. The first kappa shape index (κ1) is 12.1. The maximum atomic E-state index is 12.9. The lowest BCUT2D eigenvalue weighted by Crippen LogP contribution is -1.96. The van der Waals surface area contributed by atoms with Gasteiger partial charge in [-0.3, -0.25) is 0 Å². The molecule has 18 heavy (non-hydrogen) atoms. The van der Waals surface area contributed by atoms with Crippen molar-refractivity contribution in [1.29, 1.82) is 0 Å². The Morgan fingerprint density at radius 1 is 1.22 bits per heavy atom. The van der Waals surface area contributed by atoms with E-state index in [1.54, 1.807) is 19.1 Å². The summed E-state index contributed by atoms with van der Waals surface area (Å²) in [5.41, 5.74) is 0.794. The molecule has 0 unspecified atom stereocenters. The van der Waals surface area contributed by atoms with Gasteiger partial charge < -0.3 is 9.84 Å². The fourth-order valence-corrected chi connectivity index (χ4v) is 1.55. The number of aryl methyl sites for hydroxylation is 1. The van der Waals surface area contributed by atoms with Crippen LogP contribution in [0.1, 0.15) is 15.9 Å². The van der Waals surface area contributed by atoms with Gasteiger partial charge in [-0.1, -0.05) is 6.07 Å². The van der Waals surface area contributed by atoms with E-state index < -0.39 is 5.97 Å². The summed E-state index contributed by atoms with van der Waals surface area (Å²) in [6.07, 6.45) is 0. The smallest absolute Gasteiger partial charge is 0.335 e.